The SMILES string of the molecule is CN(C)C(=O)CN=C(NCC(=O)N(C)C)N1CCN(C2CC2)C(=O)C1.I. The Morgan fingerprint density at radius 1 is 1.12 bits per heavy atom. The van der Waals surface area contributed by atoms with Crippen LogP contribution < -0.4 is 5.32 Å². The smallest absolute Gasteiger partial charge is 0.243 e. The highest BCUT2D eigenvalue weighted by molar-refractivity contribution is 14.0. The van der Waals surface area contributed by atoms with Gasteiger partial charge in [-0.2, -0.15) is 0 Å². The number of rotatable bonds is 5. The number of amides is 3. The van der Waals surface area contributed by atoms with Crippen molar-refractivity contribution in [3.63, 3.8) is 0 Å². The minimum Gasteiger partial charge on any atom is -0.347 e. The third-order valence-corrected chi connectivity index (χ3v) is 4.30. The molecule has 9 nitrogen and oxygen atoms in total. The van der Waals surface area contributed by atoms with Crippen molar-refractivity contribution in [2.75, 3.05) is 60.9 Å². The van der Waals surface area contributed by atoms with Gasteiger partial charge in [0.2, 0.25) is 17.7 Å². The van der Waals surface area contributed by atoms with Gasteiger partial charge in [0.1, 0.15) is 6.54 Å². The Kier molecular flexibility index (Phi) is 8.57. The van der Waals surface area contributed by atoms with Crippen LogP contribution in [0.25, 0.3) is 0 Å². The Morgan fingerprint density at radius 3 is 2.23 bits per heavy atom. The molecule has 0 radical (unpaired) electrons. The molecule has 2 rings (SSSR count). The van der Waals surface area contributed by atoms with Gasteiger partial charge in [-0.1, -0.05) is 0 Å². The van der Waals surface area contributed by atoms with E-state index in [1.54, 1.807) is 28.2 Å². The maximum Gasteiger partial charge on any atom is 0.243 e. The number of likely N-dealkylation sites (N-methyl/N-ethyl adjacent to an activating group) is 2. The van der Waals surface area contributed by atoms with Crippen LogP contribution in [0, 0.1) is 0 Å². The van der Waals surface area contributed by atoms with Crippen LogP contribution in [-0.2, 0) is 14.4 Å². The van der Waals surface area contributed by atoms with Crippen molar-refractivity contribution in [3.8, 4) is 0 Å². The van der Waals surface area contributed by atoms with Crippen LogP contribution in [0.5, 0.6) is 0 Å². The Labute approximate surface area is 171 Å². The number of hydrogen-bond acceptors (Lipinski definition) is 4. The first-order valence-corrected chi connectivity index (χ1v) is 8.52. The van der Waals surface area contributed by atoms with Crippen molar-refractivity contribution in [2.45, 2.75) is 18.9 Å². The standard InChI is InChI=1S/C16H28N6O3.HI/c1-19(2)13(23)9-17-16(18-10-14(24)20(3)4)21-7-8-22(12-5-6-12)15(25)11-21;/h12H,5-11H2,1-4H3,(H,17,18);1H. The van der Waals surface area contributed by atoms with E-state index < -0.39 is 0 Å². The zero-order valence-corrected chi connectivity index (χ0v) is 18.2. The molecule has 1 saturated carbocycles. The maximum absolute atomic E-state index is 12.3. The molecule has 148 valence electrons. The van der Waals surface area contributed by atoms with E-state index in [1.165, 1.54) is 9.80 Å². The molecule has 10 heteroatoms. The summed E-state index contributed by atoms with van der Waals surface area (Å²) in [6, 6.07) is 0.397. The molecule has 26 heavy (non-hydrogen) atoms. The Hall–Kier alpha value is -1.59. The van der Waals surface area contributed by atoms with Gasteiger partial charge in [-0.25, -0.2) is 4.99 Å². The van der Waals surface area contributed by atoms with Gasteiger partial charge in [-0.15, -0.1) is 24.0 Å². The number of guanidine groups is 1. The predicted octanol–water partition coefficient (Wildman–Crippen LogP) is -0.967. The number of aliphatic imine (C=N–C) groups is 1. The molecule has 1 heterocycles. The molecule has 0 aromatic heterocycles. The van der Waals surface area contributed by atoms with Crippen LogP contribution >= 0.6 is 24.0 Å². The minimum absolute atomic E-state index is 0. The number of hydrogen-bond donors (Lipinski definition) is 1. The van der Waals surface area contributed by atoms with Gasteiger partial charge in [-0.05, 0) is 12.8 Å². The van der Waals surface area contributed by atoms with Crippen LogP contribution in [0.15, 0.2) is 4.99 Å². The van der Waals surface area contributed by atoms with Crippen LogP contribution in [0.1, 0.15) is 12.8 Å². The highest BCUT2D eigenvalue weighted by atomic mass is 127. The number of carbonyl (C=O) groups excluding carboxylic acids is 3. The van der Waals surface area contributed by atoms with Crippen molar-refractivity contribution in [2.24, 2.45) is 4.99 Å². The fourth-order valence-electron chi connectivity index (χ4n) is 2.50. The van der Waals surface area contributed by atoms with Crippen molar-refractivity contribution in [1.29, 1.82) is 0 Å². The predicted molar refractivity (Wildman–Crippen MR) is 109 cm³/mol. The molecule has 1 aliphatic heterocycles. The molecule has 1 saturated heterocycles. The van der Waals surface area contributed by atoms with Crippen molar-refractivity contribution in [3.05, 3.63) is 0 Å². The summed E-state index contributed by atoms with van der Waals surface area (Å²) in [6.45, 7) is 1.55. The second-order valence-corrected chi connectivity index (χ2v) is 6.81. The van der Waals surface area contributed by atoms with Crippen LogP contribution in [0.4, 0.5) is 0 Å². The summed E-state index contributed by atoms with van der Waals surface area (Å²) < 4.78 is 0. The molecule has 3 amide bonds. The van der Waals surface area contributed by atoms with Crippen molar-refractivity contribution >= 4 is 47.7 Å². The Morgan fingerprint density at radius 2 is 1.73 bits per heavy atom. The molecule has 2 fully saturated rings. The summed E-state index contributed by atoms with van der Waals surface area (Å²) in [5, 5.41) is 2.99. The number of nitrogens with one attached hydrogen (secondary N) is 1. The molecule has 0 unspecified atom stereocenters. The summed E-state index contributed by atoms with van der Waals surface area (Å²) in [6.07, 6.45) is 2.17. The third-order valence-electron chi connectivity index (χ3n) is 4.30. The summed E-state index contributed by atoms with van der Waals surface area (Å²) in [4.78, 5) is 47.0. The lowest BCUT2D eigenvalue weighted by atomic mass is 10.3. The van der Waals surface area contributed by atoms with Gasteiger partial charge in [0, 0.05) is 47.3 Å². The lowest BCUT2D eigenvalue weighted by molar-refractivity contribution is -0.135. The molecule has 0 bridgehead atoms. The zero-order valence-electron chi connectivity index (χ0n) is 15.9. The van der Waals surface area contributed by atoms with Gasteiger partial charge in [0.25, 0.3) is 0 Å². The van der Waals surface area contributed by atoms with E-state index in [0.717, 1.165) is 12.8 Å². The van der Waals surface area contributed by atoms with E-state index in [4.69, 9.17) is 0 Å². The highest BCUT2D eigenvalue weighted by Gasteiger charge is 2.36. The van der Waals surface area contributed by atoms with Gasteiger partial charge < -0.3 is 24.9 Å². The number of piperazine rings is 1. The monoisotopic (exact) mass is 480 g/mol. The van der Waals surface area contributed by atoms with Gasteiger partial charge in [-0.3, -0.25) is 14.4 Å². The lowest BCUT2D eigenvalue weighted by Crippen LogP contribution is -2.56. The first-order chi connectivity index (χ1) is 11.8. The van der Waals surface area contributed by atoms with Crippen molar-refractivity contribution in [1.82, 2.24) is 24.9 Å². The van der Waals surface area contributed by atoms with Gasteiger partial charge in [0.15, 0.2) is 5.96 Å². The molecular formula is C16H29IN6O3. The minimum atomic E-state index is -0.138. The second kappa shape index (κ2) is 9.93. The molecule has 0 aromatic carbocycles. The highest BCUT2D eigenvalue weighted by Crippen LogP contribution is 2.27. The van der Waals surface area contributed by atoms with E-state index in [9.17, 15) is 14.4 Å². The largest absolute Gasteiger partial charge is 0.347 e. The molecule has 1 aliphatic carbocycles. The first kappa shape index (κ1) is 22.5. The summed E-state index contributed by atoms with van der Waals surface area (Å²) in [5.74, 6) is 0.256. The Bertz CT molecular complexity index is 562. The normalized spacial score (nSPS) is 17.5. The third kappa shape index (κ3) is 6.29. The van der Waals surface area contributed by atoms with Gasteiger partial charge in [0.05, 0.1) is 13.1 Å². The molecule has 2 aliphatic rings. The summed E-state index contributed by atoms with van der Waals surface area (Å²) in [5.41, 5.74) is 0. The van der Waals surface area contributed by atoms with Gasteiger partial charge >= 0.3 is 0 Å². The average molecular weight is 480 g/mol. The summed E-state index contributed by atoms with van der Waals surface area (Å²) in [7, 11) is 6.68. The fourth-order valence-corrected chi connectivity index (χ4v) is 2.50. The van der Waals surface area contributed by atoms with Crippen LogP contribution in [0.3, 0.4) is 0 Å². The second-order valence-electron chi connectivity index (χ2n) is 6.81. The van der Waals surface area contributed by atoms with E-state index >= 15 is 0 Å². The quantitative estimate of drug-likeness (QED) is 0.311. The molecule has 1 N–H and O–H groups in total. The molecular weight excluding hydrogens is 451 g/mol. The average Bonchev–Trinajstić information content (AvgIpc) is 3.38. The first-order valence-electron chi connectivity index (χ1n) is 8.52. The van der Waals surface area contributed by atoms with Crippen LogP contribution in [-0.4, -0.2) is 110 Å². The van der Waals surface area contributed by atoms with E-state index in [-0.39, 0.29) is 61.3 Å². The van der Waals surface area contributed by atoms with Crippen LogP contribution in [0.2, 0.25) is 0 Å². The topological polar surface area (TPSA) is 88.6 Å². The number of carbonyl (C=O) groups is 3. The van der Waals surface area contributed by atoms with E-state index in [0.29, 0.717) is 25.1 Å². The van der Waals surface area contributed by atoms with E-state index in [2.05, 4.69) is 10.3 Å². The van der Waals surface area contributed by atoms with Crippen molar-refractivity contribution < 1.29 is 14.4 Å². The molecule has 0 atom stereocenters. The molecule has 0 spiro atoms. The maximum atomic E-state index is 12.3. The number of nitrogens with zero attached hydrogens (tertiary/aromatic N) is 5. The lowest BCUT2D eigenvalue weighted by Gasteiger charge is -2.36. The number of halogens is 1. The Balaban J connectivity index is 0.00000338. The fraction of sp³-hybridized carbons (Fsp3) is 0.750. The zero-order chi connectivity index (χ0) is 18.6. The van der Waals surface area contributed by atoms with E-state index in [1.807, 2.05) is 9.80 Å². The molecule has 0 aromatic rings. The summed E-state index contributed by atoms with van der Waals surface area (Å²) >= 11 is 0.